The number of aldehydes is 1. The third-order valence-corrected chi connectivity index (χ3v) is 1.71. The van der Waals surface area contributed by atoms with Gasteiger partial charge in [0.2, 0.25) is 5.91 Å². The molecule has 1 amide bonds. The van der Waals surface area contributed by atoms with Gasteiger partial charge in [-0.2, -0.15) is 0 Å². The molecule has 0 heterocycles. The van der Waals surface area contributed by atoms with Crippen molar-refractivity contribution in [1.29, 1.82) is 0 Å². The standard InChI is InChI=1S/C8H17N3O3/c1-5(9)8(14)11-7(4-13)2-6(10)3-12/h3,5-7,13H,2,4,9-10H2,1H3,(H,11,14). The van der Waals surface area contributed by atoms with Gasteiger partial charge in [0.25, 0.3) is 0 Å². The number of hydrogen-bond acceptors (Lipinski definition) is 5. The quantitative estimate of drug-likeness (QED) is 0.363. The van der Waals surface area contributed by atoms with E-state index >= 15 is 0 Å². The summed E-state index contributed by atoms with van der Waals surface area (Å²) in [6.45, 7) is 1.27. The lowest BCUT2D eigenvalue weighted by atomic mass is 10.1. The van der Waals surface area contributed by atoms with E-state index in [-0.39, 0.29) is 18.9 Å². The topological polar surface area (TPSA) is 118 Å². The highest BCUT2D eigenvalue weighted by Gasteiger charge is 2.16. The number of nitrogens with two attached hydrogens (primary N) is 2. The van der Waals surface area contributed by atoms with Gasteiger partial charge in [-0.15, -0.1) is 0 Å². The maximum atomic E-state index is 11.1. The maximum Gasteiger partial charge on any atom is 0.236 e. The van der Waals surface area contributed by atoms with Crippen molar-refractivity contribution in [3.05, 3.63) is 0 Å². The van der Waals surface area contributed by atoms with E-state index in [9.17, 15) is 9.59 Å². The van der Waals surface area contributed by atoms with Crippen molar-refractivity contribution < 1.29 is 14.7 Å². The Morgan fingerprint density at radius 2 is 2.14 bits per heavy atom. The minimum atomic E-state index is -0.680. The fraction of sp³-hybridized carbons (Fsp3) is 0.750. The fourth-order valence-electron chi connectivity index (χ4n) is 0.896. The molecule has 0 saturated carbocycles. The first kappa shape index (κ1) is 13.0. The first-order chi connectivity index (χ1) is 6.51. The second-order valence-electron chi connectivity index (χ2n) is 3.21. The van der Waals surface area contributed by atoms with Gasteiger partial charge in [0.15, 0.2) is 0 Å². The van der Waals surface area contributed by atoms with Gasteiger partial charge in [-0.1, -0.05) is 0 Å². The molecule has 3 unspecified atom stereocenters. The normalized spacial score (nSPS) is 16.9. The predicted molar refractivity (Wildman–Crippen MR) is 51.3 cm³/mol. The van der Waals surface area contributed by atoms with E-state index in [2.05, 4.69) is 5.32 Å². The molecule has 6 nitrogen and oxygen atoms in total. The molecular formula is C8H17N3O3. The Kier molecular flexibility index (Phi) is 6.02. The lowest BCUT2D eigenvalue weighted by Crippen LogP contribution is -2.47. The summed E-state index contributed by atoms with van der Waals surface area (Å²) in [6.07, 6.45) is 0.777. The molecule has 0 aromatic carbocycles. The Labute approximate surface area is 82.6 Å². The number of carbonyl (C=O) groups is 2. The van der Waals surface area contributed by atoms with E-state index in [1.165, 1.54) is 6.92 Å². The van der Waals surface area contributed by atoms with Crippen molar-refractivity contribution in [1.82, 2.24) is 5.32 Å². The van der Waals surface area contributed by atoms with E-state index in [0.717, 1.165) is 0 Å². The maximum absolute atomic E-state index is 11.1. The zero-order chi connectivity index (χ0) is 11.1. The summed E-state index contributed by atoms with van der Waals surface area (Å²) in [7, 11) is 0. The summed E-state index contributed by atoms with van der Waals surface area (Å²) < 4.78 is 0. The van der Waals surface area contributed by atoms with Crippen LogP contribution in [0.3, 0.4) is 0 Å². The van der Waals surface area contributed by atoms with Gasteiger partial charge < -0.3 is 26.7 Å². The monoisotopic (exact) mass is 203 g/mol. The molecule has 0 fully saturated rings. The molecular weight excluding hydrogens is 186 g/mol. The Morgan fingerprint density at radius 1 is 1.57 bits per heavy atom. The predicted octanol–water partition coefficient (Wildman–Crippen LogP) is -2.27. The summed E-state index contributed by atoms with van der Waals surface area (Å²) in [5, 5.41) is 11.4. The largest absolute Gasteiger partial charge is 0.394 e. The molecule has 0 bridgehead atoms. The van der Waals surface area contributed by atoms with E-state index in [1.54, 1.807) is 0 Å². The van der Waals surface area contributed by atoms with Crippen molar-refractivity contribution in [3.63, 3.8) is 0 Å². The van der Waals surface area contributed by atoms with Crippen LogP contribution in [0.15, 0.2) is 0 Å². The summed E-state index contributed by atoms with van der Waals surface area (Å²) >= 11 is 0. The van der Waals surface area contributed by atoms with Crippen molar-refractivity contribution in [2.75, 3.05) is 6.61 Å². The molecule has 6 N–H and O–H groups in total. The third kappa shape index (κ3) is 4.90. The molecule has 0 aromatic rings. The van der Waals surface area contributed by atoms with E-state index in [0.29, 0.717) is 6.29 Å². The van der Waals surface area contributed by atoms with Crippen LogP contribution in [0.4, 0.5) is 0 Å². The van der Waals surface area contributed by atoms with Crippen LogP contribution in [-0.2, 0) is 9.59 Å². The first-order valence-electron chi connectivity index (χ1n) is 4.39. The highest BCUT2D eigenvalue weighted by molar-refractivity contribution is 5.81. The molecule has 0 aliphatic heterocycles. The van der Waals surface area contributed by atoms with Crippen LogP contribution in [0.1, 0.15) is 13.3 Å². The summed E-state index contributed by atoms with van der Waals surface area (Å²) in [5.41, 5.74) is 10.6. The van der Waals surface area contributed by atoms with Crippen molar-refractivity contribution in [2.45, 2.75) is 31.5 Å². The van der Waals surface area contributed by atoms with Gasteiger partial charge >= 0.3 is 0 Å². The van der Waals surface area contributed by atoms with Crippen molar-refractivity contribution >= 4 is 12.2 Å². The molecule has 0 radical (unpaired) electrons. The molecule has 14 heavy (non-hydrogen) atoms. The molecule has 0 aliphatic rings. The van der Waals surface area contributed by atoms with Crippen LogP contribution in [-0.4, -0.2) is 42.0 Å². The zero-order valence-corrected chi connectivity index (χ0v) is 8.14. The number of carbonyl (C=O) groups excluding carboxylic acids is 2. The summed E-state index contributed by atoms with van der Waals surface area (Å²) in [6, 6.07) is -1.84. The van der Waals surface area contributed by atoms with Crippen molar-refractivity contribution in [3.8, 4) is 0 Å². The molecule has 82 valence electrons. The first-order valence-corrected chi connectivity index (χ1v) is 4.39. The smallest absolute Gasteiger partial charge is 0.236 e. The third-order valence-electron chi connectivity index (χ3n) is 1.71. The molecule has 0 saturated heterocycles. The van der Waals surface area contributed by atoms with Crippen LogP contribution in [0.5, 0.6) is 0 Å². The molecule has 0 spiro atoms. The number of amides is 1. The minimum absolute atomic E-state index is 0.207. The molecule has 0 aliphatic carbocycles. The van der Waals surface area contributed by atoms with Crippen LogP contribution < -0.4 is 16.8 Å². The number of hydrogen-bond donors (Lipinski definition) is 4. The van der Waals surface area contributed by atoms with Gasteiger partial charge in [0, 0.05) is 0 Å². The minimum Gasteiger partial charge on any atom is -0.394 e. The van der Waals surface area contributed by atoms with Crippen molar-refractivity contribution in [2.24, 2.45) is 11.5 Å². The number of aliphatic hydroxyl groups is 1. The average molecular weight is 203 g/mol. The van der Waals surface area contributed by atoms with Crippen LogP contribution in [0.25, 0.3) is 0 Å². The van der Waals surface area contributed by atoms with Gasteiger partial charge in [-0.05, 0) is 13.3 Å². The molecule has 6 heteroatoms. The Morgan fingerprint density at radius 3 is 2.50 bits per heavy atom. The van der Waals surface area contributed by atoms with Gasteiger partial charge in [-0.3, -0.25) is 4.79 Å². The average Bonchev–Trinajstić information content (AvgIpc) is 2.16. The van der Waals surface area contributed by atoms with Gasteiger partial charge in [0.05, 0.1) is 24.7 Å². The highest BCUT2D eigenvalue weighted by atomic mass is 16.3. The molecule has 0 rings (SSSR count). The van der Waals surface area contributed by atoms with E-state index < -0.39 is 18.1 Å². The molecule has 3 atom stereocenters. The lowest BCUT2D eigenvalue weighted by molar-refractivity contribution is -0.123. The Bertz CT molecular complexity index is 196. The number of aliphatic hydroxyl groups excluding tert-OH is 1. The second kappa shape index (κ2) is 6.47. The van der Waals surface area contributed by atoms with Crippen LogP contribution in [0, 0.1) is 0 Å². The second-order valence-corrected chi connectivity index (χ2v) is 3.21. The number of nitrogens with one attached hydrogen (secondary N) is 1. The summed E-state index contributed by atoms with van der Waals surface area (Å²) in [5.74, 6) is -0.373. The fourth-order valence-corrected chi connectivity index (χ4v) is 0.896. The number of rotatable bonds is 6. The van der Waals surface area contributed by atoms with E-state index in [1.807, 2.05) is 0 Å². The van der Waals surface area contributed by atoms with Crippen LogP contribution in [0.2, 0.25) is 0 Å². The molecule has 0 aromatic heterocycles. The van der Waals surface area contributed by atoms with Gasteiger partial charge in [0.1, 0.15) is 6.29 Å². The lowest BCUT2D eigenvalue weighted by Gasteiger charge is -2.18. The Hall–Kier alpha value is -0.980. The van der Waals surface area contributed by atoms with E-state index in [4.69, 9.17) is 16.6 Å². The zero-order valence-electron chi connectivity index (χ0n) is 8.14. The SMILES string of the molecule is CC(N)C(=O)NC(CO)CC(N)C=O. The Balaban J connectivity index is 4.02. The summed E-state index contributed by atoms with van der Waals surface area (Å²) in [4.78, 5) is 21.3. The van der Waals surface area contributed by atoms with Gasteiger partial charge in [-0.25, -0.2) is 0 Å². The van der Waals surface area contributed by atoms with Crippen LogP contribution >= 0.6 is 0 Å². The highest BCUT2D eigenvalue weighted by Crippen LogP contribution is 1.94.